The van der Waals surface area contributed by atoms with Gasteiger partial charge in [0.15, 0.2) is 0 Å². The second-order valence-corrected chi connectivity index (χ2v) is 7.73. The van der Waals surface area contributed by atoms with Gasteiger partial charge in [0.1, 0.15) is 23.3 Å². The molecule has 0 fully saturated rings. The number of carbonyl (C=O) groups is 1. The molecule has 0 spiro atoms. The van der Waals surface area contributed by atoms with Crippen LogP contribution in [0.15, 0.2) is 33.7 Å². The molecule has 0 radical (unpaired) electrons. The summed E-state index contributed by atoms with van der Waals surface area (Å²) < 4.78 is 25.7. The van der Waals surface area contributed by atoms with Gasteiger partial charge in [-0.25, -0.2) is 9.37 Å². The molecule has 0 unspecified atom stereocenters. The Morgan fingerprint density at radius 2 is 2.16 bits per heavy atom. The number of ether oxygens (including phenoxy) is 1. The number of aryl methyl sites for hydroxylation is 3. The van der Waals surface area contributed by atoms with Gasteiger partial charge >= 0.3 is 0 Å². The van der Waals surface area contributed by atoms with Crippen LogP contribution in [0, 0.1) is 19.7 Å². The zero-order valence-corrected chi connectivity index (χ0v) is 18.3. The molecule has 1 amide bonds. The number of benzene rings is 1. The van der Waals surface area contributed by atoms with Gasteiger partial charge < -0.3 is 19.5 Å². The van der Waals surface area contributed by atoms with Crippen LogP contribution in [0.3, 0.4) is 0 Å². The highest BCUT2D eigenvalue weighted by Crippen LogP contribution is 2.24. The Balaban J connectivity index is 1.55. The number of hydrogen-bond donors (Lipinski definition) is 2. The Labute approximate surface area is 183 Å². The molecule has 3 heterocycles. The summed E-state index contributed by atoms with van der Waals surface area (Å²) in [6, 6.07) is 4.60. The van der Waals surface area contributed by atoms with Crippen molar-refractivity contribution in [2.75, 3.05) is 20.3 Å². The Hall–Kier alpha value is -3.46. The van der Waals surface area contributed by atoms with Crippen molar-refractivity contribution in [3.05, 3.63) is 63.3 Å². The molecular formula is C23H25FN4O4. The Bertz CT molecular complexity index is 1350. The van der Waals surface area contributed by atoms with Crippen molar-refractivity contribution in [3.63, 3.8) is 0 Å². The largest absolute Gasteiger partial charge is 0.442 e. The van der Waals surface area contributed by atoms with E-state index in [-0.39, 0.29) is 28.0 Å². The molecule has 32 heavy (non-hydrogen) atoms. The summed E-state index contributed by atoms with van der Waals surface area (Å²) in [4.78, 5) is 33.3. The number of carbonyl (C=O) groups excluding carboxylic acids is 1. The van der Waals surface area contributed by atoms with Gasteiger partial charge in [0.05, 0.1) is 5.56 Å². The standard InChI is InChI=1S/C23H25FN4O4/c1-13-16(17-11-15(24)5-6-18(17)27-13)7-8-25-21(29)19-14(2)32-22-20(19)23(30)28(12-26-22)9-4-10-31-3/h5-6,11-12,27H,4,7-10H2,1-3H3,(H,25,29). The van der Waals surface area contributed by atoms with E-state index in [1.165, 1.54) is 23.0 Å². The zero-order chi connectivity index (χ0) is 22.8. The maximum absolute atomic E-state index is 13.7. The van der Waals surface area contributed by atoms with Crippen LogP contribution in [0.5, 0.6) is 0 Å². The highest BCUT2D eigenvalue weighted by Gasteiger charge is 2.23. The number of amides is 1. The third-order valence-electron chi connectivity index (χ3n) is 5.57. The smallest absolute Gasteiger partial charge is 0.265 e. The molecule has 0 bridgehead atoms. The van der Waals surface area contributed by atoms with E-state index in [0.717, 1.165) is 22.2 Å². The highest BCUT2D eigenvalue weighted by atomic mass is 19.1. The molecule has 168 valence electrons. The van der Waals surface area contributed by atoms with Gasteiger partial charge in [-0.2, -0.15) is 0 Å². The lowest BCUT2D eigenvalue weighted by Crippen LogP contribution is -2.28. The van der Waals surface area contributed by atoms with E-state index in [1.807, 2.05) is 6.92 Å². The number of aromatic amines is 1. The number of nitrogens with zero attached hydrogens (tertiary/aromatic N) is 2. The topological polar surface area (TPSA) is 102 Å². The van der Waals surface area contributed by atoms with Crippen LogP contribution < -0.4 is 10.9 Å². The normalized spacial score (nSPS) is 11.5. The molecule has 0 saturated carbocycles. The van der Waals surface area contributed by atoms with E-state index in [1.54, 1.807) is 20.1 Å². The maximum Gasteiger partial charge on any atom is 0.265 e. The van der Waals surface area contributed by atoms with Crippen LogP contribution in [-0.2, 0) is 17.7 Å². The number of rotatable bonds is 8. The van der Waals surface area contributed by atoms with Crippen LogP contribution >= 0.6 is 0 Å². The van der Waals surface area contributed by atoms with E-state index in [2.05, 4.69) is 15.3 Å². The summed E-state index contributed by atoms with van der Waals surface area (Å²) in [6.45, 7) is 4.81. The fourth-order valence-electron chi connectivity index (χ4n) is 4.02. The Morgan fingerprint density at radius 3 is 2.94 bits per heavy atom. The summed E-state index contributed by atoms with van der Waals surface area (Å²) in [5.74, 6) is -0.378. The molecule has 0 aliphatic rings. The number of H-pyrrole nitrogens is 1. The summed E-state index contributed by atoms with van der Waals surface area (Å²) in [5.41, 5.74) is 2.73. The van der Waals surface area contributed by atoms with Crippen molar-refractivity contribution in [1.82, 2.24) is 19.9 Å². The van der Waals surface area contributed by atoms with Gasteiger partial charge in [-0.1, -0.05) is 0 Å². The first-order valence-corrected chi connectivity index (χ1v) is 10.4. The van der Waals surface area contributed by atoms with E-state index in [9.17, 15) is 14.0 Å². The number of furan rings is 1. The zero-order valence-electron chi connectivity index (χ0n) is 18.3. The monoisotopic (exact) mass is 440 g/mol. The molecular weight excluding hydrogens is 415 g/mol. The van der Waals surface area contributed by atoms with Gasteiger partial charge in [-0.15, -0.1) is 0 Å². The minimum atomic E-state index is -0.404. The predicted octanol–water partition coefficient (Wildman–Crippen LogP) is 3.24. The molecule has 4 aromatic rings. The first-order chi connectivity index (χ1) is 15.4. The van der Waals surface area contributed by atoms with Crippen molar-refractivity contribution in [3.8, 4) is 0 Å². The van der Waals surface area contributed by atoms with E-state index in [4.69, 9.17) is 9.15 Å². The lowest BCUT2D eigenvalue weighted by molar-refractivity contribution is 0.0954. The van der Waals surface area contributed by atoms with Crippen molar-refractivity contribution in [1.29, 1.82) is 0 Å². The first kappa shape index (κ1) is 21.8. The molecule has 0 saturated heterocycles. The van der Waals surface area contributed by atoms with E-state index < -0.39 is 5.91 Å². The molecule has 3 aromatic heterocycles. The Kier molecular flexibility index (Phi) is 6.09. The summed E-state index contributed by atoms with van der Waals surface area (Å²) in [6.07, 6.45) is 2.58. The van der Waals surface area contributed by atoms with Crippen molar-refractivity contribution in [2.24, 2.45) is 0 Å². The molecule has 4 rings (SSSR count). The minimum absolute atomic E-state index is 0.142. The van der Waals surface area contributed by atoms with Gasteiger partial charge in [0.25, 0.3) is 11.5 Å². The molecule has 0 aliphatic heterocycles. The summed E-state index contributed by atoms with van der Waals surface area (Å²) >= 11 is 0. The van der Waals surface area contributed by atoms with Gasteiger partial charge in [0.2, 0.25) is 5.71 Å². The molecule has 0 aliphatic carbocycles. The van der Waals surface area contributed by atoms with Crippen molar-refractivity contribution >= 4 is 27.9 Å². The maximum atomic E-state index is 13.7. The molecule has 1 aromatic carbocycles. The lowest BCUT2D eigenvalue weighted by atomic mass is 10.1. The average Bonchev–Trinajstić information content (AvgIpc) is 3.26. The number of halogens is 1. The second kappa shape index (κ2) is 8.96. The molecule has 0 atom stereocenters. The lowest BCUT2D eigenvalue weighted by Gasteiger charge is -2.07. The predicted molar refractivity (Wildman–Crippen MR) is 119 cm³/mol. The Morgan fingerprint density at radius 1 is 1.34 bits per heavy atom. The highest BCUT2D eigenvalue weighted by molar-refractivity contribution is 6.06. The third-order valence-corrected chi connectivity index (χ3v) is 5.57. The second-order valence-electron chi connectivity index (χ2n) is 7.73. The quantitative estimate of drug-likeness (QED) is 0.410. The fourth-order valence-corrected chi connectivity index (χ4v) is 4.02. The third kappa shape index (κ3) is 4.03. The molecule has 2 N–H and O–H groups in total. The van der Waals surface area contributed by atoms with Crippen LogP contribution in [0.25, 0.3) is 22.0 Å². The van der Waals surface area contributed by atoms with Gasteiger partial charge in [-0.3, -0.25) is 14.2 Å². The number of hydrogen-bond acceptors (Lipinski definition) is 5. The number of methoxy groups -OCH3 is 1. The number of fused-ring (bicyclic) bond motifs is 2. The summed E-state index contributed by atoms with van der Waals surface area (Å²) in [7, 11) is 1.60. The molecule has 8 nitrogen and oxygen atoms in total. The van der Waals surface area contributed by atoms with Crippen molar-refractivity contribution < 1.29 is 18.3 Å². The van der Waals surface area contributed by atoms with Crippen LogP contribution in [0.4, 0.5) is 4.39 Å². The first-order valence-electron chi connectivity index (χ1n) is 10.4. The fraction of sp³-hybridized carbons (Fsp3) is 0.348. The minimum Gasteiger partial charge on any atom is -0.442 e. The van der Waals surface area contributed by atoms with Crippen LogP contribution in [-0.4, -0.2) is 40.7 Å². The van der Waals surface area contributed by atoms with Gasteiger partial charge in [-0.05, 0) is 50.5 Å². The van der Waals surface area contributed by atoms with Gasteiger partial charge in [0, 0.05) is 43.4 Å². The van der Waals surface area contributed by atoms with E-state index in [0.29, 0.717) is 38.3 Å². The molecule has 9 heteroatoms. The SMILES string of the molecule is COCCCn1cnc2oc(C)c(C(=O)NCCc3c(C)[nH]c4ccc(F)cc34)c2c1=O. The van der Waals surface area contributed by atoms with Crippen molar-refractivity contribution in [2.45, 2.75) is 33.2 Å². The average molecular weight is 440 g/mol. The summed E-state index contributed by atoms with van der Waals surface area (Å²) in [5, 5.41) is 3.83. The van der Waals surface area contributed by atoms with Crippen LogP contribution in [0.2, 0.25) is 0 Å². The van der Waals surface area contributed by atoms with E-state index >= 15 is 0 Å². The van der Waals surface area contributed by atoms with Crippen LogP contribution in [0.1, 0.15) is 33.8 Å². The number of nitrogens with one attached hydrogen (secondary N) is 2. The number of aromatic nitrogens is 3.